The Balaban J connectivity index is 1.84. The van der Waals surface area contributed by atoms with Crippen molar-refractivity contribution in [1.29, 1.82) is 5.41 Å². The number of carbonyl (C=O) groups is 1. The highest BCUT2D eigenvalue weighted by Crippen LogP contribution is 2.13. The van der Waals surface area contributed by atoms with Crippen LogP contribution in [0.15, 0.2) is 53.3 Å². The topological polar surface area (TPSA) is 116 Å². The van der Waals surface area contributed by atoms with Crippen molar-refractivity contribution in [3.8, 4) is 11.4 Å². The summed E-state index contributed by atoms with van der Waals surface area (Å²) in [6.45, 7) is 3.92. The standard InChI is InChI=1S/C21H23N5O3/c1-3-29-19(27)13-6-15-4-9-17(10-5-15)25-14(2)24-26(21(25)28)18-11-7-16(8-12-18)20(22)23/h4-5,7-12H,3,6,13H2,1-2H3,(H3,22,23). The SMILES string of the molecule is CCOC(=O)CCc1ccc(-n2c(C)nn(-c3ccc(C(=N)N)cc3)c2=O)cc1. The van der Waals surface area contributed by atoms with Crippen LogP contribution in [0, 0.1) is 12.3 Å². The minimum absolute atomic E-state index is 0.0337. The van der Waals surface area contributed by atoms with Gasteiger partial charge in [0.05, 0.1) is 18.0 Å². The van der Waals surface area contributed by atoms with Gasteiger partial charge in [0.2, 0.25) is 0 Å². The molecule has 8 nitrogen and oxygen atoms in total. The number of carbonyl (C=O) groups excluding carboxylic acids is 1. The molecule has 8 heteroatoms. The number of hydrogen-bond acceptors (Lipinski definition) is 5. The molecule has 0 unspecified atom stereocenters. The van der Waals surface area contributed by atoms with E-state index in [-0.39, 0.29) is 17.5 Å². The first-order valence-electron chi connectivity index (χ1n) is 9.29. The molecule has 0 saturated carbocycles. The lowest BCUT2D eigenvalue weighted by molar-refractivity contribution is -0.143. The van der Waals surface area contributed by atoms with Crippen LogP contribution in [0.5, 0.6) is 0 Å². The third kappa shape index (κ3) is 4.43. The third-order valence-corrected chi connectivity index (χ3v) is 4.48. The largest absolute Gasteiger partial charge is 0.466 e. The average molecular weight is 393 g/mol. The number of benzene rings is 2. The van der Waals surface area contributed by atoms with Crippen LogP contribution in [0.1, 0.15) is 30.3 Å². The highest BCUT2D eigenvalue weighted by molar-refractivity contribution is 5.95. The van der Waals surface area contributed by atoms with Crippen LogP contribution in [0.3, 0.4) is 0 Å². The summed E-state index contributed by atoms with van der Waals surface area (Å²) in [7, 11) is 0. The Morgan fingerprint density at radius 3 is 2.31 bits per heavy atom. The Hall–Kier alpha value is -3.68. The zero-order valence-electron chi connectivity index (χ0n) is 16.4. The van der Waals surface area contributed by atoms with E-state index >= 15 is 0 Å². The quantitative estimate of drug-likeness (QED) is 0.362. The second kappa shape index (κ2) is 8.55. The van der Waals surface area contributed by atoms with Crippen molar-refractivity contribution in [2.45, 2.75) is 26.7 Å². The van der Waals surface area contributed by atoms with E-state index in [0.29, 0.717) is 42.2 Å². The average Bonchev–Trinajstić information content (AvgIpc) is 3.01. The van der Waals surface area contributed by atoms with Gasteiger partial charge in [0.1, 0.15) is 11.7 Å². The number of nitrogens with zero attached hydrogens (tertiary/aromatic N) is 3. The molecule has 0 saturated heterocycles. The first kappa shape index (κ1) is 20.1. The van der Waals surface area contributed by atoms with E-state index in [4.69, 9.17) is 15.9 Å². The molecule has 0 aliphatic carbocycles. The highest BCUT2D eigenvalue weighted by atomic mass is 16.5. The van der Waals surface area contributed by atoms with Gasteiger partial charge in [-0.3, -0.25) is 10.2 Å². The van der Waals surface area contributed by atoms with Crippen LogP contribution in [-0.4, -0.2) is 32.8 Å². The maximum atomic E-state index is 12.9. The molecule has 150 valence electrons. The van der Waals surface area contributed by atoms with Gasteiger partial charge in [-0.1, -0.05) is 12.1 Å². The van der Waals surface area contributed by atoms with Crippen molar-refractivity contribution in [2.24, 2.45) is 5.73 Å². The van der Waals surface area contributed by atoms with Crippen molar-refractivity contribution >= 4 is 11.8 Å². The molecule has 0 radical (unpaired) electrons. The van der Waals surface area contributed by atoms with Gasteiger partial charge in [-0.15, -0.1) is 5.10 Å². The van der Waals surface area contributed by atoms with E-state index in [0.717, 1.165) is 5.56 Å². The van der Waals surface area contributed by atoms with Gasteiger partial charge in [0.25, 0.3) is 0 Å². The van der Waals surface area contributed by atoms with Crippen LogP contribution < -0.4 is 11.4 Å². The lowest BCUT2D eigenvalue weighted by Gasteiger charge is -2.06. The Bertz CT molecular complexity index is 1080. The Labute approximate surface area is 168 Å². The fourth-order valence-corrected chi connectivity index (χ4v) is 3.00. The van der Waals surface area contributed by atoms with Crippen LogP contribution in [0.25, 0.3) is 11.4 Å². The molecule has 1 heterocycles. The van der Waals surface area contributed by atoms with E-state index in [1.165, 1.54) is 9.25 Å². The van der Waals surface area contributed by atoms with Gasteiger partial charge >= 0.3 is 11.7 Å². The van der Waals surface area contributed by atoms with Crippen LogP contribution in [0.4, 0.5) is 0 Å². The first-order chi connectivity index (χ1) is 13.9. The summed E-state index contributed by atoms with van der Waals surface area (Å²) in [5, 5.41) is 11.8. The van der Waals surface area contributed by atoms with Crippen molar-refractivity contribution in [2.75, 3.05) is 6.61 Å². The van der Waals surface area contributed by atoms with Crippen LogP contribution >= 0.6 is 0 Å². The molecule has 3 rings (SSSR count). The third-order valence-electron chi connectivity index (χ3n) is 4.48. The summed E-state index contributed by atoms with van der Waals surface area (Å²) in [6.07, 6.45) is 0.898. The molecule has 0 amide bonds. The van der Waals surface area contributed by atoms with Gasteiger partial charge < -0.3 is 10.5 Å². The molecule has 2 aromatic carbocycles. The Morgan fingerprint density at radius 2 is 1.72 bits per heavy atom. The van der Waals surface area contributed by atoms with Gasteiger partial charge in [-0.05, 0) is 62.2 Å². The van der Waals surface area contributed by atoms with Gasteiger partial charge in [-0.25, -0.2) is 9.36 Å². The van der Waals surface area contributed by atoms with Crippen molar-refractivity contribution < 1.29 is 9.53 Å². The number of nitrogens with one attached hydrogen (secondary N) is 1. The van der Waals surface area contributed by atoms with Gasteiger partial charge in [-0.2, -0.15) is 4.68 Å². The molecule has 0 atom stereocenters. The highest BCUT2D eigenvalue weighted by Gasteiger charge is 2.13. The van der Waals surface area contributed by atoms with E-state index < -0.39 is 0 Å². The summed E-state index contributed by atoms with van der Waals surface area (Å²) in [5.74, 6) is 0.291. The number of aryl methyl sites for hydroxylation is 2. The van der Waals surface area contributed by atoms with Crippen LogP contribution in [0.2, 0.25) is 0 Å². The predicted octanol–water partition coefficient (Wildman–Crippen LogP) is 2.11. The Morgan fingerprint density at radius 1 is 1.10 bits per heavy atom. The number of esters is 1. The molecule has 0 bridgehead atoms. The fourth-order valence-electron chi connectivity index (χ4n) is 3.00. The molecule has 0 aliphatic heterocycles. The molecule has 0 spiro atoms. The van der Waals surface area contributed by atoms with Crippen LogP contribution in [-0.2, 0) is 16.0 Å². The van der Waals surface area contributed by atoms with E-state index in [1.54, 1.807) is 38.1 Å². The molecule has 0 fully saturated rings. The molecular formula is C21H23N5O3. The molecule has 29 heavy (non-hydrogen) atoms. The predicted molar refractivity (Wildman–Crippen MR) is 110 cm³/mol. The summed E-state index contributed by atoms with van der Waals surface area (Å²) in [4.78, 5) is 24.4. The van der Waals surface area contributed by atoms with Crippen molar-refractivity contribution in [3.05, 3.63) is 76.0 Å². The number of rotatable bonds is 7. The monoisotopic (exact) mass is 393 g/mol. The zero-order chi connectivity index (χ0) is 21.0. The molecular weight excluding hydrogens is 370 g/mol. The van der Waals surface area contributed by atoms with Crippen molar-refractivity contribution in [1.82, 2.24) is 14.3 Å². The normalized spacial score (nSPS) is 10.7. The lowest BCUT2D eigenvalue weighted by atomic mass is 10.1. The number of nitrogens with two attached hydrogens (primary N) is 1. The second-order valence-corrected chi connectivity index (χ2v) is 6.51. The first-order valence-corrected chi connectivity index (χ1v) is 9.29. The van der Waals surface area contributed by atoms with E-state index in [1.807, 2.05) is 24.3 Å². The molecule has 3 N–H and O–H groups in total. The minimum Gasteiger partial charge on any atom is -0.466 e. The molecule has 0 aliphatic rings. The number of ether oxygens (including phenoxy) is 1. The Kier molecular flexibility index (Phi) is 5.92. The maximum Gasteiger partial charge on any atom is 0.355 e. The smallest absolute Gasteiger partial charge is 0.355 e. The number of hydrogen-bond donors (Lipinski definition) is 2. The van der Waals surface area contributed by atoms with Gasteiger partial charge in [0, 0.05) is 12.0 Å². The zero-order valence-corrected chi connectivity index (χ0v) is 16.4. The molecule has 3 aromatic rings. The number of aromatic nitrogens is 3. The summed E-state index contributed by atoms with van der Waals surface area (Å²) >= 11 is 0. The minimum atomic E-state index is -0.294. The summed E-state index contributed by atoms with van der Waals surface area (Å²) < 4.78 is 7.77. The lowest BCUT2D eigenvalue weighted by Crippen LogP contribution is -2.23. The second-order valence-electron chi connectivity index (χ2n) is 6.51. The summed E-state index contributed by atoms with van der Waals surface area (Å²) in [6, 6.07) is 14.2. The van der Waals surface area contributed by atoms with E-state index in [9.17, 15) is 9.59 Å². The number of amidine groups is 1. The number of nitrogen functional groups attached to an aromatic ring is 1. The summed E-state index contributed by atoms with van der Waals surface area (Å²) in [5.41, 5.74) is 8.03. The van der Waals surface area contributed by atoms with Crippen molar-refractivity contribution in [3.63, 3.8) is 0 Å². The maximum absolute atomic E-state index is 12.9. The van der Waals surface area contributed by atoms with Gasteiger partial charge in [0.15, 0.2) is 0 Å². The molecule has 1 aromatic heterocycles. The fraction of sp³-hybridized carbons (Fsp3) is 0.238. The van der Waals surface area contributed by atoms with E-state index in [2.05, 4.69) is 5.10 Å².